The fourth-order valence-corrected chi connectivity index (χ4v) is 2.31. The molecule has 5 N–H and O–H groups in total. The summed E-state index contributed by atoms with van der Waals surface area (Å²) in [7, 11) is 1.32. The van der Waals surface area contributed by atoms with E-state index in [1.54, 1.807) is 0 Å². The minimum atomic E-state index is -1.65. The number of phenolic OH excluding ortho intramolecular Hbond substituents is 1. The summed E-state index contributed by atoms with van der Waals surface area (Å²) < 4.78 is 10.1. The smallest absolute Gasteiger partial charge is 0.194 e. The van der Waals surface area contributed by atoms with Crippen LogP contribution in [-0.4, -0.2) is 75.6 Å². The van der Waals surface area contributed by atoms with Crippen LogP contribution in [0.25, 0.3) is 0 Å². The topological polar surface area (TPSA) is 137 Å². The Kier molecular flexibility index (Phi) is 4.99. The van der Waals surface area contributed by atoms with Crippen LogP contribution >= 0.6 is 0 Å². The fraction of sp³-hybridized carbons (Fsp3) is 0.500. The number of phenols is 1. The zero-order valence-corrected chi connectivity index (χ0v) is 11.8. The van der Waals surface area contributed by atoms with Gasteiger partial charge in [-0.3, -0.25) is 4.79 Å². The number of hydrogen-bond acceptors (Lipinski definition) is 8. The van der Waals surface area contributed by atoms with Gasteiger partial charge in [0.05, 0.1) is 13.7 Å². The normalized spacial score (nSPS) is 31.8. The van der Waals surface area contributed by atoms with Crippen LogP contribution in [0, 0.1) is 0 Å². The largest absolute Gasteiger partial charge is 0.504 e. The van der Waals surface area contributed by atoms with Crippen LogP contribution in [0.15, 0.2) is 18.2 Å². The number of aliphatic hydroxyl groups excluding tert-OH is 4. The average molecular weight is 314 g/mol. The highest BCUT2D eigenvalue weighted by molar-refractivity contribution is 6.00. The van der Waals surface area contributed by atoms with Gasteiger partial charge < -0.3 is 35.0 Å². The molecule has 1 aliphatic heterocycles. The molecular formula is C14H18O8. The molecule has 0 spiro atoms. The number of carbonyl (C=O) groups excluding carboxylic acids is 1. The third kappa shape index (κ3) is 2.92. The fourth-order valence-electron chi connectivity index (χ4n) is 2.31. The number of methoxy groups -OCH3 is 1. The standard InChI is InChI=1S/C14H18O8/c1-21-8-4-6(2-3-7(8)16)10(17)14-13(20)12(19)11(18)9(5-15)22-14/h2-4,9,11-16,18-20H,5H2,1H3/t9-,11-,12+,13-,14?/m1/s1. The number of aliphatic hydroxyl groups is 4. The molecule has 0 aromatic heterocycles. The van der Waals surface area contributed by atoms with E-state index in [0.717, 1.165) is 0 Å². The number of Topliss-reactive ketones (excluding diaryl/α,β-unsaturated/α-hetero) is 1. The van der Waals surface area contributed by atoms with Crippen LogP contribution in [-0.2, 0) is 4.74 Å². The summed E-state index contributed by atoms with van der Waals surface area (Å²) in [6, 6.07) is 3.82. The first-order valence-corrected chi connectivity index (χ1v) is 6.62. The average Bonchev–Trinajstić information content (AvgIpc) is 2.53. The zero-order valence-electron chi connectivity index (χ0n) is 11.8. The minimum absolute atomic E-state index is 0.0652. The Morgan fingerprint density at radius 1 is 1.23 bits per heavy atom. The number of carbonyl (C=O) groups is 1. The molecule has 122 valence electrons. The summed E-state index contributed by atoms with van der Waals surface area (Å²) in [5.74, 6) is -0.765. The van der Waals surface area contributed by atoms with Gasteiger partial charge in [0.15, 0.2) is 17.3 Å². The summed E-state index contributed by atoms with van der Waals surface area (Å²) in [4.78, 5) is 12.4. The van der Waals surface area contributed by atoms with Gasteiger partial charge in [0.25, 0.3) is 0 Å². The molecule has 22 heavy (non-hydrogen) atoms. The molecular weight excluding hydrogens is 296 g/mol. The van der Waals surface area contributed by atoms with Crippen LogP contribution in [0.1, 0.15) is 10.4 Å². The zero-order chi connectivity index (χ0) is 16.4. The van der Waals surface area contributed by atoms with Crippen molar-refractivity contribution in [3.8, 4) is 11.5 Å². The van der Waals surface area contributed by atoms with Crippen molar-refractivity contribution in [3.05, 3.63) is 23.8 Å². The SMILES string of the molecule is COc1cc(C(=O)C2O[C@H](CO)[C@@H](O)[C@H](O)[C@H]2O)ccc1O. The predicted molar refractivity (Wildman–Crippen MR) is 72.8 cm³/mol. The molecule has 2 rings (SSSR count). The molecule has 1 heterocycles. The number of ether oxygens (including phenoxy) is 2. The van der Waals surface area contributed by atoms with Crippen molar-refractivity contribution in [2.75, 3.05) is 13.7 Å². The number of benzene rings is 1. The monoisotopic (exact) mass is 314 g/mol. The number of rotatable bonds is 4. The van der Waals surface area contributed by atoms with Gasteiger partial charge in [-0.25, -0.2) is 0 Å². The van der Waals surface area contributed by atoms with E-state index in [1.165, 1.54) is 25.3 Å². The van der Waals surface area contributed by atoms with Crippen LogP contribution in [0.5, 0.6) is 11.5 Å². The minimum Gasteiger partial charge on any atom is -0.504 e. The molecule has 5 atom stereocenters. The van der Waals surface area contributed by atoms with Gasteiger partial charge >= 0.3 is 0 Å². The summed E-state index contributed by atoms with van der Waals surface area (Å²) in [6.45, 7) is -0.617. The first kappa shape index (κ1) is 16.7. The Bertz CT molecular complexity index is 544. The molecule has 0 saturated carbocycles. The second kappa shape index (κ2) is 6.59. The third-order valence-electron chi connectivity index (χ3n) is 3.61. The Morgan fingerprint density at radius 3 is 2.50 bits per heavy atom. The van der Waals surface area contributed by atoms with E-state index in [2.05, 4.69) is 0 Å². The van der Waals surface area contributed by atoms with Crippen molar-refractivity contribution in [1.82, 2.24) is 0 Å². The van der Waals surface area contributed by atoms with E-state index < -0.39 is 42.9 Å². The van der Waals surface area contributed by atoms with Gasteiger partial charge in [0.2, 0.25) is 0 Å². The highest BCUT2D eigenvalue weighted by Crippen LogP contribution is 2.29. The summed E-state index contributed by atoms with van der Waals surface area (Å²) in [6.07, 6.45) is -7.42. The van der Waals surface area contributed by atoms with Crippen molar-refractivity contribution in [3.63, 3.8) is 0 Å². The molecule has 1 unspecified atom stereocenters. The number of aromatic hydroxyl groups is 1. The Labute approximate surface area is 126 Å². The maximum absolute atomic E-state index is 12.4. The maximum atomic E-state index is 12.4. The van der Waals surface area contributed by atoms with Gasteiger partial charge in [-0.2, -0.15) is 0 Å². The lowest BCUT2D eigenvalue weighted by Crippen LogP contribution is -2.60. The molecule has 0 amide bonds. The van der Waals surface area contributed by atoms with Crippen LogP contribution in [0.3, 0.4) is 0 Å². The van der Waals surface area contributed by atoms with E-state index >= 15 is 0 Å². The van der Waals surface area contributed by atoms with Gasteiger partial charge in [-0.15, -0.1) is 0 Å². The van der Waals surface area contributed by atoms with Crippen molar-refractivity contribution in [1.29, 1.82) is 0 Å². The van der Waals surface area contributed by atoms with Gasteiger partial charge in [-0.1, -0.05) is 0 Å². The lowest BCUT2D eigenvalue weighted by Gasteiger charge is -2.39. The number of ketones is 1. The Balaban J connectivity index is 2.28. The third-order valence-corrected chi connectivity index (χ3v) is 3.61. The second-order valence-corrected chi connectivity index (χ2v) is 5.00. The van der Waals surface area contributed by atoms with Gasteiger partial charge in [0, 0.05) is 5.56 Å². The van der Waals surface area contributed by atoms with Crippen molar-refractivity contribution in [2.45, 2.75) is 30.5 Å². The van der Waals surface area contributed by atoms with Crippen molar-refractivity contribution >= 4 is 5.78 Å². The first-order chi connectivity index (χ1) is 10.4. The molecule has 0 bridgehead atoms. The van der Waals surface area contributed by atoms with E-state index in [1.807, 2.05) is 0 Å². The number of hydrogen-bond donors (Lipinski definition) is 5. The lowest BCUT2D eigenvalue weighted by molar-refractivity contribution is -0.215. The molecule has 8 nitrogen and oxygen atoms in total. The van der Waals surface area contributed by atoms with E-state index in [4.69, 9.17) is 14.6 Å². The van der Waals surface area contributed by atoms with Crippen LogP contribution < -0.4 is 4.74 Å². The van der Waals surface area contributed by atoms with E-state index in [0.29, 0.717) is 0 Å². The van der Waals surface area contributed by atoms with E-state index in [9.17, 15) is 25.2 Å². The lowest BCUT2D eigenvalue weighted by atomic mass is 9.91. The molecule has 0 aliphatic carbocycles. The van der Waals surface area contributed by atoms with Crippen LogP contribution in [0.4, 0.5) is 0 Å². The predicted octanol–water partition coefficient (Wildman–Crippen LogP) is -1.57. The molecule has 1 aromatic carbocycles. The van der Waals surface area contributed by atoms with Crippen molar-refractivity contribution < 1.29 is 39.8 Å². The quantitative estimate of drug-likeness (QED) is 0.420. The highest BCUT2D eigenvalue weighted by atomic mass is 16.5. The Morgan fingerprint density at radius 2 is 1.91 bits per heavy atom. The maximum Gasteiger partial charge on any atom is 0.194 e. The molecule has 1 fully saturated rings. The van der Waals surface area contributed by atoms with Crippen LogP contribution in [0.2, 0.25) is 0 Å². The summed E-state index contributed by atoms with van der Waals surface area (Å²) in [5.41, 5.74) is 0.0824. The molecule has 8 heteroatoms. The highest BCUT2D eigenvalue weighted by Gasteiger charge is 2.46. The molecule has 1 aromatic rings. The van der Waals surface area contributed by atoms with Crippen molar-refractivity contribution in [2.24, 2.45) is 0 Å². The molecule has 1 aliphatic rings. The van der Waals surface area contributed by atoms with Gasteiger partial charge in [-0.05, 0) is 18.2 Å². The molecule has 0 radical (unpaired) electrons. The molecule has 1 saturated heterocycles. The second-order valence-electron chi connectivity index (χ2n) is 5.00. The Hall–Kier alpha value is -1.71. The summed E-state index contributed by atoms with van der Waals surface area (Å²) >= 11 is 0. The van der Waals surface area contributed by atoms with E-state index in [-0.39, 0.29) is 17.1 Å². The summed E-state index contributed by atoms with van der Waals surface area (Å²) in [5, 5.41) is 47.9. The van der Waals surface area contributed by atoms with Gasteiger partial charge in [0.1, 0.15) is 30.5 Å². The first-order valence-electron chi connectivity index (χ1n) is 6.62.